The lowest BCUT2D eigenvalue weighted by Gasteiger charge is -2.36. The second-order valence-electron chi connectivity index (χ2n) is 4.69. The highest BCUT2D eigenvalue weighted by molar-refractivity contribution is 6.42. The lowest BCUT2D eigenvalue weighted by atomic mass is 10.2. The van der Waals surface area contributed by atoms with Gasteiger partial charge in [0.05, 0.1) is 16.1 Å². The van der Waals surface area contributed by atoms with Crippen molar-refractivity contribution in [2.24, 2.45) is 0 Å². The van der Waals surface area contributed by atoms with Crippen LogP contribution in [0.5, 0.6) is 0 Å². The Morgan fingerprint density at radius 2 is 1.84 bits per heavy atom. The van der Waals surface area contributed by atoms with Crippen molar-refractivity contribution in [3.8, 4) is 6.07 Å². The standard InChI is InChI=1S/C14H17Cl2N3/c15-13-4-3-12(11-14(13)16)19-9-7-18(8-10-19)6-2-1-5-17/h3-4,11H,1-2,6-10H2. The highest BCUT2D eigenvalue weighted by Crippen LogP contribution is 2.27. The molecule has 1 aromatic rings. The van der Waals surface area contributed by atoms with Crippen LogP contribution >= 0.6 is 23.2 Å². The van der Waals surface area contributed by atoms with Gasteiger partial charge in [-0.15, -0.1) is 0 Å². The molecule has 3 nitrogen and oxygen atoms in total. The molecule has 1 saturated heterocycles. The van der Waals surface area contributed by atoms with E-state index in [1.165, 1.54) is 0 Å². The second-order valence-corrected chi connectivity index (χ2v) is 5.50. The molecule has 102 valence electrons. The SMILES string of the molecule is N#CCCCN1CCN(c2ccc(Cl)c(Cl)c2)CC1. The number of rotatable bonds is 4. The molecular weight excluding hydrogens is 281 g/mol. The molecule has 0 saturated carbocycles. The molecule has 1 aliphatic heterocycles. The Kier molecular flexibility index (Phi) is 5.33. The fourth-order valence-corrected chi connectivity index (χ4v) is 2.59. The fraction of sp³-hybridized carbons (Fsp3) is 0.500. The average Bonchev–Trinajstić information content (AvgIpc) is 2.43. The van der Waals surface area contributed by atoms with Gasteiger partial charge in [-0.05, 0) is 31.2 Å². The van der Waals surface area contributed by atoms with Gasteiger partial charge >= 0.3 is 0 Å². The smallest absolute Gasteiger partial charge is 0.0622 e. The minimum absolute atomic E-state index is 0.598. The molecule has 0 bridgehead atoms. The zero-order valence-electron chi connectivity index (χ0n) is 10.8. The summed E-state index contributed by atoms with van der Waals surface area (Å²) in [5.74, 6) is 0. The van der Waals surface area contributed by atoms with E-state index in [0.29, 0.717) is 16.5 Å². The number of halogens is 2. The molecule has 1 heterocycles. The van der Waals surface area contributed by atoms with Crippen LogP contribution < -0.4 is 4.90 Å². The minimum Gasteiger partial charge on any atom is -0.369 e. The molecule has 0 radical (unpaired) electrons. The van der Waals surface area contributed by atoms with Gasteiger partial charge in [0.25, 0.3) is 0 Å². The highest BCUT2D eigenvalue weighted by atomic mass is 35.5. The van der Waals surface area contributed by atoms with Crippen molar-refractivity contribution in [2.75, 3.05) is 37.6 Å². The van der Waals surface area contributed by atoms with Gasteiger partial charge in [-0.2, -0.15) is 5.26 Å². The van der Waals surface area contributed by atoms with Crippen LogP contribution in [0.15, 0.2) is 18.2 Å². The first kappa shape index (κ1) is 14.5. The average molecular weight is 298 g/mol. The van der Waals surface area contributed by atoms with Crippen LogP contribution in [0.3, 0.4) is 0 Å². The van der Waals surface area contributed by atoms with Crippen LogP contribution in [0.25, 0.3) is 0 Å². The quantitative estimate of drug-likeness (QED) is 0.798. The first-order valence-corrected chi connectivity index (χ1v) is 7.25. The van der Waals surface area contributed by atoms with E-state index >= 15 is 0 Å². The van der Waals surface area contributed by atoms with Crippen molar-refractivity contribution in [2.45, 2.75) is 12.8 Å². The topological polar surface area (TPSA) is 30.3 Å². The van der Waals surface area contributed by atoms with E-state index in [9.17, 15) is 0 Å². The van der Waals surface area contributed by atoms with Gasteiger partial charge in [-0.25, -0.2) is 0 Å². The Morgan fingerprint density at radius 3 is 2.47 bits per heavy atom. The summed E-state index contributed by atoms with van der Waals surface area (Å²) in [5.41, 5.74) is 1.13. The maximum atomic E-state index is 8.53. The molecule has 0 N–H and O–H groups in total. The zero-order valence-corrected chi connectivity index (χ0v) is 12.3. The summed E-state index contributed by atoms with van der Waals surface area (Å²) < 4.78 is 0. The van der Waals surface area contributed by atoms with Crippen LogP contribution in [-0.4, -0.2) is 37.6 Å². The van der Waals surface area contributed by atoms with Gasteiger partial charge in [-0.3, -0.25) is 4.90 Å². The van der Waals surface area contributed by atoms with Crippen LogP contribution in [0, 0.1) is 11.3 Å². The summed E-state index contributed by atoms with van der Waals surface area (Å²) in [7, 11) is 0. The van der Waals surface area contributed by atoms with E-state index in [4.69, 9.17) is 28.5 Å². The van der Waals surface area contributed by atoms with Gasteiger partial charge in [0.1, 0.15) is 0 Å². The highest BCUT2D eigenvalue weighted by Gasteiger charge is 2.17. The van der Waals surface area contributed by atoms with Gasteiger partial charge in [0.2, 0.25) is 0 Å². The van der Waals surface area contributed by atoms with Gasteiger partial charge in [0.15, 0.2) is 0 Å². The van der Waals surface area contributed by atoms with Crippen LogP contribution in [0.2, 0.25) is 10.0 Å². The molecule has 0 unspecified atom stereocenters. The predicted octanol–water partition coefficient (Wildman–Crippen LogP) is 3.42. The number of hydrogen-bond acceptors (Lipinski definition) is 3. The third kappa shape index (κ3) is 4.01. The minimum atomic E-state index is 0.598. The number of unbranched alkanes of at least 4 members (excludes halogenated alkanes) is 1. The van der Waals surface area contributed by atoms with Crippen molar-refractivity contribution < 1.29 is 0 Å². The molecule has 0 aliphatic carbocycles. The summed E-state index contributed by atoms with van der Waals surface area (Å²) in [6.45, 7) is 5.06. The number of benzene rings is 1. The van der Waals surface area contributed by atoms with Crippen LogP contribution in [-0.2, 0) is 0 Å². The maximum absolute atomic E-state index is 8.53. The first-order chi connectivity index (χ1) is 9.20. The molecule has 19 heavy (non-hydrogen) atoms. The predicted molar refractivity (Wildman–Crippen MR) is 80.0 cm³/mol. The number of nitrogens with zero attached hydrogens (tertiary/aromatic N) is 3. The van der Waals surface area contributed by atoms with Gasteiger partial charge in [0, 0.05) is 38.3 Å². The number of anilines is 1. The van der Waals surface area contributed by atoms with E-state index in [0.717, 1.165) is 44.8 Å². The Labute approximate surface area is 124 Å². The molecule has 2 rings (SSSR count). The summed E-state index contributed by atoms with van der Waals surface area (Å²) in [6, 6.07) is 7.97. The Morgan fingerprint density at radius 1 is 1.11 bits per heavy atom. The molecular formula is C14H17Cl2N3. The number of nitriles is 1. The molecule has 0 atom stereocenters. The van der Waals surface area contributed by atoms with E-state index in [2.05, 4.69) is 15.9 Å². The van der Waals surface area contributed by atoms with E-state index in [1.54, 1.807) is 0 Å². The Balaban J connectivity index is 1.86. The summed E-state index contributed by atoms with van der Waals surface area (Å²) in [4.78, 5) is 4.73. The lowest BCUT2D eigenvalue weighted by molar-refractivity contribution is 0.256. The Bertz CT molecular complexity index is 462. The van der Waals surface area contributed by atoms with E-state index in [1.807, 2.05) is 18.2 Å². The lowest BCUT2D eigenvalue weighted by Crippen LogP contribution is -2.46. The van der Waals surface area contributed by atoms with E-state index < -0.39 is 0 Å². The Hall–Kier alpha value is -0.950. The fourth-order valence-electron chi connectivity index (χ4n) is 2.29. The third-order valence-corrected chi connectivity index (χ3v) is 4.14. The first-order valence-electron chi connectivity index (χ1n) is 6.50. The van der Waals surface area contributed by atoms with Crippen molar-refractivity contribution in [3.05, 3.63) is 28.2 Å². The van der Waals surface area contributed by atoms with Gasteiger partial charge in [-0.1, -0.05) is 23.2 Å². The maximum Gasteiger partial charge on any atom is 0.0622 e. The van der Waals surface area contributed by atoms with Crippen molar-refractivity contribution >= 4 is 28.9 Å². The van der Waals surface area contributed by atoms with Crippen LogP contribution in [0.1, 0.15) is 12.8 Å². The normalized spacial score (nSPS) is 16.4. The largest absolute Gasteiger partial charge is 0.369 e. The molecule has 1 fully saturated rings. The van der Waals surface area contributed by atoms with Gasteiger partial charge < -0.3 is 4.90 Å². The van der Waals surface area contributed by atoms with Crippen molar-refractivity contribution in [1.29, 1.82) is 5.26 Å². The van der Waals surface area contributed by atoms with Crippen molar-refractivity contribution in [1.82, 2.24) is 4.90 Å². The van der Waals surface area contributed by atoms with E-state index in [-0.39, 0.29) is 0 Å². The van der Waals surface area contributed by atoms with Crippen LogP contribution in [0.4, 0.5) is 5.69 Å². The molecule has 0 aromatic heterocycles. The molecule has 5 heteroatoms. The summed E-state index contributed by atoms with van der Waals surface area (Å²) >= 11 is 12.0. The monoisotopic (exact) mass is 297 g/mol. The zero-order chi connectivity index (χ0) is 13.7. The molecule has 0 amide bonds. The number of hydrogen-bond donors (Lipinski definition) is 0. The molecule has 1 aliphatic rings. The molecule has 0 spiro atoms. The molecule has 1 aromatic carbocycles. The second kappa shape index (κ2) is 7.00. The van der Waals surface area contributed by atoms with Crippen molar-refractivity contribution in [3.63, 3.8) is 0 Å². The summed E-state index contributed by atoms with van der Waals surface area (Å²) in [6.07, 6.45) is 1.61. The summed E-state index contributed by atoms with van der Waals surface area (Å²) in [5, 5.41) is 9.74. The number of piperazine rings is 1. The third-order valence-electron chi connectivity index (χ3n) is 3.40.